The fraction of sp³-hybridized carbons (Fsp3) is 0.217. The minimum absolute atomic E-state index is 0.0278. The van der Waals surface area contributed by atoms with E-state index in [0.717, 1.165) is 11.8 Å². The summed E-state index contributed by atoms with van der Waals surface area (Å²) in [6, 6.07) is 11.8. The molecule has 1 atom stereocenters. The van der Waals surface area contributed by atoms with Crippen molar-refractivity contribution >= 4 is 35.2 Å². The molecule has 0 fully saturated rings. The third kappa shape index (κ3) is 5.45. The SMILES string of the molecule is CCOC(=O)c1ccc(NC(=O)C2=C(C)NC(SCC(N)=O)=C(C#N)[C@H]2c2ccco2)cc1. The Bertz CT molecular complexity index is 1160. The van der Waals surface area contributed by atoms with Crippen LogP contribution in [-0.2, 0) is 14.3 Å². The number of nitrogens with two attached hydrogens (primary N) is 1. The smallest absolute Gasteiger partial charge is 0.338 e. The molecule has 1 aliphatic heterocycles. The van der Waals surface area contributed by atoms with Gasteiger partial charge in [0, 0.05) is 11.4 Å². The lowest BCUT2D eigenvalue weighted by Crippen LogP contribution is -2.31. The molecule has 1 aromatic carbocycles. The Hall–Kier alpha value is -3.97. The van der Waals surface area contributed by atoms with E-state index in [-0.39, 0.29) is 17.9 Å². The molecule has 2 amide bonds. The summed E-state index contributed by atoms with van der Waals surface area (Å²) >= 11 is 1.09. The molecule has 3 rings (SSSR count). The zero-order valence-electron chi connectivity index (χ0n) is 18.0. The Morgan fingerprint density at radius 1 is 1.27 bits per heavy atom. The number of furan rings is 1. The molecule has 10 heteroatoms. The van der Waals surface area contributed by atoms with Crippen molar-refractivity contribution in [3.05, 3.63) is 75.9 Å². The van der Waals surface area contributed by atoms with Crippen LogP contribution >= 0.6 is 11.8 Å². The first-order valence-corrected chi connectivity index (χ1v) is 11.0. The van der Waals surface area contributed by atoms with Crippen LogP contribution < -0.4 is 16.4 Å². The first kappa shape index (κ1) is 23.7. The quantitative estimate of drug-likeness (QED) is 0.503. The number of hydrogen-bond acceptors (Lipinski definition) is 8. The number of esters is 1. The van der Waals surface area contributed by atoms with Crippen molar-refractivity contribution in [2.75, 3.05) is 17.7 Å². The maximum Gasteiger partial charge on any atom is 0.338 e. The van der Waals surface area contributed by atoms with Gasteiger partial charge >= 0.3 is 5.97 Å². The molecule has 0 aliphatic carbocycles. The predicted molar refractivity (Wildman–Crippen MR) is 123 cm³/mol. The van der Waals surface area contributed by atoms with Gasteiger partial charge in [-0.3, -0.25) is 9.59 Å². The molecule has 0 radical (unpaired) electrons. The van der Waals surface area contributed by atoms with Gasteiger partial charge in [-0.25, -0.2) is 4.79 Å². The van der Waals surface area contributed by atoms with E-state index in [2.05, 4.69) is 16.7 Å². The average Bonchev–Trinajstić information content (AvgIpc) is 3.32. The maximum atomic E-state index is 13.3. The van der Waals surface area contributed by atoms with Crippen LogP contribution in [-0.4, -0.2) is 30.1 Å². The van der Waals surface area contributed by atoms with Crippen LogP contribution in [0.25, 0.3) is 0 Å². The number of benzene rings is 1. The van der Waals surface area contributed by atoms with Gasteiger partial charge in [-0.05, 0) is 50.2 Å². The monoisotopic (exact) mass is 466 g/mol. The van der Waals surface area contributed by atoms with Gasteiger partial charge in [0.2, 0.25) is 5.91 Å². The lowest BCUT2D eigenvalue weighted by molar-refractivity contribution is -0.115. The molecular formula is C23H22N4O5S. The Morgan fingerprint density at radius 3 is 2.58 bits per heavy atom. The number of ether oxygens (including phenoxy) is 1. The maximum absolute atomic E-state index is 13.3. The lowest BCUT2D eigenvalue weighted by atomic mass is 9.85. The zero-order valence-corrected chi connectivity index (χ0v) is 18.8. The summed E-state index contributed by atoms with van der Waals surface area (Å²) < 4.78 is 10.5. The van der Waals surface area contributed by atoms with Crippen molar-refractivity contribution < 1.29 is 23.5 Å². The van der Waals surface area contributed by atoms with Gasteiger partial charge in [0.25, 0.3) is 5.91 Å². The number of thioether (sulfide) groups is 1. The summed E-state index contributed by atoms with van der Waals surface area (Å²) in [4.78, 5) is 36.4. The molecule has 0 saturated heterocycles. The third-order valence-corrected chi connectivity index (χ3v) is 5.77. The first-order chi connectivity index (χ1) is 15.8. The van der Waals surface area contributed by atoms with Crippen LogP contribution in [0.5, 0.6) is 0 Å². The highest BCUT2D eigenvalue weighted by Crippen LogP contribution is 2.41. The fourth-order valence-electron chi connectivity index (χ4n) is 3.31. The Labute approximate surface area is 194 Å². The first-order valence-electron chi connectivity index (χ1n) is 10.0. The van der Waals surface area contributed by atoms with Crippen LogP contribution in [0.15, 0.2) is 69.0 Å². The molecule has 0 unspecified atom stereocenters. The lowest BCUT2D eigenvalue weighted by Gasteiger charge is -2.28. The number of nitrogens with one attached hydrogen (secondary N) is 2. The number of nitrogens with zero attached hydrogens (tertiary/aromatic N) is 1. The summed E-state index contributed by atoms with van der Waals surface area (Å²) in [6.45, 7) is 3.69. The molecule has 2 heterocycles. The number of amides is 2. The largest absolute Gasteiger partial charge is 0.468 e. The molecule has 1 aliphatic rings. The van der Waals surface area contributed by atoms with E-state index >= 15 is 0 Å². The summed E-state index contributed by atoms with van der Waals surface area (Å²) in [5, 5.41) is 16.2. The number of anilines is 1. The number of carbonyl (C=O) groups excluding carboxylic acids is 3. The number of hydrogen-bond donors (Lipinski definition) is 3. The molecule has 170 valence electrons. The number of carbonyl (C=O) groups is 3. The Kier molecular flexibility index (Phi) is 7.58. The van der Waals surface area contributed by atoms with E-state index in [1.54, 1.807) is 50.2 Å². The van der Waals surface area contributed by atoms with E-state index in [0.29, 0.717) is 33.3 Å². The highest BCUT2D eigenvalue weighted by molar-refractivity contribution is 8.03. The highest BCUT2D eigenvalue weighted by Gasteiger charge is 2.36. The normalized spacial score (nSPS) is 15.5. The van der Waals surface area contributed by atoms with E-state index in [1.807, 2.05) is 0 Å². The minimum Gasteiger partial charge on any atom is -0.468 e. The zero-order chi connectivity index (χ0) is 24.0. The third-order valence-electron chi connectivity index (χ3n) is 4.73. The summed E-state index contributed by atoms with van der Waals surface area (Å²) in [5.41, 5.74) is 7.11. The van der Waals surface area contributed by atoms with Crippen molar-refractivity contribution in [1.82, 2.24) is 5.32 Å². The molecule has 0 saturated carbocycles. The number of rotatable bonds is 8. The molecule has 33 heavy (non-hydrogen) atoms. The highest BCUT2D eigenvalue weighted by atomic mass is 32.2. The standard InChI is InChI=1S/C23H22N4O5S/c1-3-31-23(30)14-6-8-15(9-7-14)27-21(29)19-13(2)26-22(33-12-18(25)28)16(11-24)20(19)17-5-4-10-32-17/h4-10,20,26H,3,12H2,1-2H3,(H2,25,28)(H,27,29)/t20-/m0/s1. The van der Waals surface area contributed by atoms with Gasteiger partial charge in [-0.1, -0.05) is 11.8 Å². The minimum atomic E-state index is -0.777. The van der Waals surface area contributed by atoms with Crippen molar-refractivity contribution in [3.63, 3.8) is 0 Å². The Morgan fingerprint density at radius 2 is 2.00 bits per heavy atom. The second-order valence-corrected chi connectivity index (χ2v) is 7.96. The van der Waals surface area contributed by atoms with E-state index in [1.165, 1.54) is 6.26 Å². The Balaban J connectivity index is 1.91. The van der Waals surface area contributed by atoms with Crippen LogP contribution in [0.2, 0.25) is 0 Å². The van der Waals surface area contributed by atoms with E-state index in [9.17, 15) is 19.6 Å². The molecule has 2 aromatic rings. The molecule has 9 nitrogen and oxygen atoms in total. The van der Waals surface area contributed by atoms with Gasteiger partial charge in [0.15, 0.2) is 0 Å². The van der Waals surface area contributed by atoms with Gasteiger partial charge in [-0.2, -0.15) is 5.26 Å². The molecule has 1 aromatic heterocycles. The van der Waals surface area contributed by atoms with Crippen LogP contribution in [0, 0.1) is 11.3 Å². The van der Waals surface area contributed by atoms with Crippen molar-refractivity contribution in [2.45, 2.75) is 19.8 Å². The molecule has 4 N–H and O–H groups in total. The predicted octanol–water partition coefficient (Wildman–Crippen LogP) is 3.01. The molecule has 0 bridgehead atoms. The van der Waals surface area contributed by atoms with Crippen molar-refractivity contribution in [3.8, 4) is 6.07 Å². The second kappa shape index (κ2) is 10.6. The van der Waals surface area contributed by atoms with Gasteiger partial charge < -0.3 is 25.5 Å². The van der Waals surface area contributed by atoms with E-state index in [4.69, 9.17) is 14.9 Å². The van der Waals surface area contributed by atoms with E-state index < -0.39 is 23.7 Å². The molecular weight excluding hydrogens is 444 g/mol. The molecule has 0 spiro atoms. The second-order valence-electron chi connectivity index (χ2n) is 6.97. The van der Waals surface area contributed by atoms with Crippen molar-refractivity contribution in [2.24, 2.45) is 5.73 Å². The van der Waals surface area contributed by atoms with Gasteiger partial charge in [0.05, 0.1) is 52.3 Å². The topological polar surface area (TPSA) is 147 Å². The summed E-state index contributed by atoms with van der Waals surface area (Å²) in [5.74, 6) is -1.82. The van der Waals surface area contributed by atoms with Crippen molar-refractivity contribution in [1.29, 1.82) is 5.26 Å². The van der Waals surface area contributed by atoms with Crippen LogP contribution in [0.1, 0.15) is 35.9 Å². The average molecular weight is 467 g/mol. The number of allylic oxidation sites excluding steroid dienone is 2. The van der Waals surface area contributed by atoms with Gasteiger partial charge in [0.1, 0.15) is 5.76 Å². The fourth-order valence-corrected chi connectivity index (χ4v) is 4.14. The number of nitriles is 1. The number of primary amides is 1. The summed E-state index contributed by atoms with van der Waals surface area (Å²) in [6.07, 6.45) is 1.46. The number of dihydropyridines is 1. The summed E-state index contributed by atoms with van der Waals surface area (Å²) in [7, 11) is 0. The van der Waals surface area contributed by atoms with Crippen LogP contribution in [0.3, 0.4) is 0 Å². The van der Waals surface area contributed by atoms with Gasteiger partial charge in [-0.15, -0.1) is 0 Å². The van der Waals surface area contributed by atoms with Crippen LogP contribution in [0.4, 0.5) is 5.69 Å².